The maximum atomic E-state index is 13.3. The van der Waals surface area contributed by atoms with Gasteiger partial charge in [0.1, 0.15) is 12.1 Å². The molecule has 7 nitrogen and oxygen atoms in total. The lowest BCUT2D eigenvalue weighted by molar-refractivity contribution is -0.137. The lowest BCUT2D eigenvalue weighted by Crippen LogP contribution is -2.49. The van der Waals surface area contributed by atoms with E-state index in [4.69, 9.17) is 0 Å². The first kappa shape index (κ1) is 27.0. The third kappa shape index (κ3) is 4.95. The van der Waals surface area contributed by atoms with Crippen LogP contribution in [-0.4, -0.2) is 53.4 Å². The molecular formula is C30H26F3N5O2S. The van der Waals surface area contributed by atoms with Crippen molar-refractivity contribution in [2.24, 2.45) is 0 Å². The molecule has 1 fully saturated rings. The number of sulfonamides is 1. The fraction of sp³-hybridized carbons (Fsp3) is 0.200. The predicted molar refractivity (Wildman–Crippen MR) is 151 cm³/mol. The molecule has 2 aromatic heterocycles. The number of nitrogens with zero attached hydrogens (tertiary/aromatic N) is 5. The van der Waals surface area contributed by atoms with Crippen molar-refractivity contribution in [2.75, 3.05) is 31.1 Å². The van der Waals surface area contributed by atoms with Crippen molar-refractivity contribution in [3.63, 3.8) is 0 Å². The highest BCUT2D eigenvalue weighted by atomic mass is 32.2. The van der Waals surface area contributed by atoms with Crippen LogP contribution < -0.4 is 4.90 Å². The molecule has 5 aromatic rings. The molecular weight excluding hydrogens is 551 g/mol. The number of benzene rings is 3. The first-order valence-corrected chi connectivity index (χ1v) is 14.5. The number of para-hydroxylation sites is 1. The highest BCUT2D eigenvalue weighted by molar-refractivity contribution is 7.89. The van der Waals surface area contributed by atoms with E-state index in [-0.39, 0.29) is 18.0 Å². The molecule has 41 heavy (non-hydrogen) atoms. The van der Waals surface area contributed by atoms with Gasteiger partial charge in [0.05, 0.1) is 15.8 Å². The zero-order valence-corrected chi connectivity index (χ0v) is 22.9. The van der Waals surface area contributed by atoms with Crippen LogP contribution in [0, 0.1) is 6.92 Å². The van der Waals surface area contributed by atoms with Crippen LogP contribution in [0.15, 0.2) is 96.3 Å². The van der Waals surface area contributed by atoms with Crippen molar-refractivity contribution in [3.05, 3.63) is 103 Å². The predicted octanol–water partition coefficient (Wildman–Crippen LogP) is 5.93. The normalized spacial score (nSPS) is 15.0. The highest BCUT2D eigenvalue weighted by Crippen LogP contribution is 2.38. The van der Waals surface area contributed by atoms with Gasteiger partial charge in [-0.3, -0.25) is 0 Å². The van der Waals surface area contributed by atoms with Crippen LogP contribution in [0.5, 0.6) is 0 Å². The van der Waals surface area contributed by atoms with Gasteiger partial charge in [0.2, 0.25) is 10.0 Å². The first-order chi connectivity index (χ1) is 19.6. The Hall–Kier alpha value is -4.22. The van der Waals surface area contributed by atoms with Crippen LogP contribution in [0.1, 0.15) is 11.1 Å². The first-order valence-electron chi connectivity index (χ1n) is 13.0. The second-order valence-electron chi connectivity index (χ2n) is 9.88. The average molecular weight is 578 g/mol. The van der Waals surface area contributed by atoms with Crippen LogP contribution >= 0.6 is 0 Å². The maximum Gasteiger partial charge on any atom is 0.416 e. The Morgan fingerprint density at radius 1 is 0.829 bits per heavy atom. The Morgan fingerprint density at radius 3 is 2.24 bits per heavy atom. The Bertz CT molecular complexity index is 1830. The summed E-state index contributed by atoms with van der Waals surface area (Å²) in [5.74, 6) is 0.678. The van der Waals surface area contributed by atoms with Gasteiger partial charge >= 0.3 is 6.18 Å². The number of aryl methyl sites for hydroxylation is 1. The zero-order valence-electron chi connectivity index (χ0n) is 22.1. The fourth-order valence-electron chi connectivity index (χ4n) is 5.26. The van der Waals surface area contributed by atoms with Gasteiger partial charge < -0.3 is 9.47 Å². The van der Waals surface area contributed by atoms with Gasteiger partial charge in [-0.25, -0.2) is 18.4 Å². The summed E-state index contributed by atoms with van der Waals surface area (Å²) in [6.07, 6.45) is -1.07. The molecule has 0 aliphatic carbocycles. The minimum absolute atomic E-state index is 0.100. The minimum Gasteiger partial charge on any atom is -0.353 e. The molecule has 1 aliphatic rings. The molecule has 0 atom stereocenters. The van der Waals surface area contributed by atoms with Crippen LogP contribution in [0.3, 0.4) is 0 Å². The van der Waals surface area contributed by atoms with Gasteiger partial charge in [-0.15, -0.1) is 0 Å². The molecule has 1 saturated heterocycles. The fourth-order valence-corrected chi connectivity index (χ4v) is 6.73. The monoisotopic (exact) mass is 577 g/mol. The van der Waals surface area contributed by atoms with Crippen LogP contribution in [0.4, 0.5) is 19.0 Å². The number of rotatable bonds is 5. The van der Waals surface area contributed by atoms with E-state index in [2.05, 4.69) is 16.2 Å². The van der Waals surface area contributed by atoms with E-state index in [1.54, 1.807) is 0 Å². The third-order valence-electron chi connectivity index (χ3n) is 7.36. The number of alkyl halides is 3. The van der Waals surface area contributed by atoms with E-state index < -0.39 is 21.8 Å². The highest BCUT2D eigenvalue weighted by Gasteiger charge is 2.34. The molecule has 11 heteroatoms. The summed E-state index contributed by atoms with van der Waals surface area (Å²) >= 11 is 0. The lowest BCUT2D eigenvalue weighted by atomic mass is 10.1. The molecule has 210 valence electrons. The molecule has 0 N–H and O–H groups in total. The molecule has 0 amide bonds. The number of hydrogen-bond donors (Lipinski definition) is 0. The van der Waals surface area contributed by atoms with Crippen LogP contribution in [0.2, 0.25) is 0 Å². The summed E-state index contributed by atoms with van der Waals surface area (Å²) in [4.78, 5) is 10.9. The second-order valence-corrected chi connectivity index (χ2v) is 11.8. The summed E-state index contributed by atoms with van der Waals surface area (Å²) in [5.41, 5.74) is 3.73. The van der Waals surface area contributed by atoms with Crippen molar-refractivity contribution in [1.29, 1.82) is 0 Å². The van der Waals surface area contributed by atoms with E-state index in [1.807, 2.05) is 71.0 Å². The van der Waals surface area contributed by atoms with E-state index >= 15 is 0 Å². The average Bonchev–Trinajstić information content (AvgIpc) is 3.37. The molecule has 0 unspecified atom stereocenters. The van der Waals surface area contributed by atoms with Crippen molar-refractivity contribution in [1.82, 2.24) is 18.8 Å². The zero-order chi connectivity index (χ0) is 28.8. The maximum absolute atomic E-state index is 13.3. The standard InChI is InChI=1S/C30H26F3N5O2S/c1-21-8-5-6-13-26(21)38-19-25(22-9-3-2-4-10-22)27-28(34-20-35-29(27)38)36-14-16-37(17-15-36)41(39,40)24-12-7-11-23(18-24)30(31,32)33/h2-13,18-20H,14-17H2,1H3. The molecule has 0 bridgehead atoms. The molecule has 3 aromatic carbocycles. The van der Waals surface area contributed by atoms with Gasteiger partial charge in [-0.1, -0.05) is 54.6 Å². The van der Waals surface area contributed by atoms with Crippen molar-refractivity contribution in [3.8, 4) is 16.8 Å². The summed E-state index contributed by atoms with van der Waals surface area (Å²) in [7, 11) is -4.11. The number of fused-ring (bicyclic) bond motifs is 1. The molecule has 3 heterocycles. The Labute approximate surface area is 235 Å². The number of piperazine rings is 1. The summed E-state index contributed by atoms with van der Waals surface area (Å²) in [6, 6.07) is 21.8. The molecule has 1 aliphatic heterocycles. The van der Waals surface area contributed by atoms with Crippen molar-refractivity contribution in [2.45, 2.75) is 18.0 Å². The Balaban J connectivity index is 1.36. The van der Waals surface area contributed by atoms with Gasteiger partial charge in [0.15, 0.2) is 5.65 Å². The van der Waals surface area contributed by atoms with Crippen LogP contribution in [-0.2, 0) is 16.2 Å². The topological polar surface area (TPSA) is 71.3 Å². The van der Waals surface area contributed by atoms with Gasteiger partial charge in [0, 0.05) is 43.6 Å². The van der Waals surface area contributed by atoms with E-state index in [0.29, 0.717) is 25.0 Å². The largest absolute Gasteiger partial charge is 0.416 e. The van der Waals surface area contributed by atoms with E-state index in [9.17, 15) is 21.6 Å². The summed E-state index contributed by atoms with van der Waals surface area (Å²) < 4.78 is 69.5. The van der Waals surface area contributed by atoms with E-state index in [0.717, 1.165) is 45.5 Å². The molecule has 6 rings (SSSR count). The van der Waals surface area contributed by atoms with Gasteiger partial charge in [-0.2, -0.15) is 17.5 Å². The number of hydrogen-bond acceptors (Lipinski definition) is 5. The lowest BCUT2D eigenvalue weighted by Gasteiger charge is -2.35. The van der Waals surface area contributed by atoms with Gasteiger partial charge in [0.25, 0.3) is 0 Å². The Morgan fingerprint density at radius 2 is 1.54 bits per heavy atom. The number of aromatic nitrogens is 3. The third-order valence-corrected chi connectivity index (χ3v) is 9.25. The van der Waals surface area contributed by atoms with E-state index in [1.165, 1.54) is 16.7 Å². The SMILES string of the molecule is Cc1ccccc1-n1cc(-c2ccccc2)c2c(N3CCN(S(=O)(=O)c4cccc(C(F)(F)F)c4)CC3)ncnc21. The molecule has 0 radical (unpaired) electrons. The summed E-state index contributed by atoms with van der Waals surface area (Å²) in [5, 5.41) is 0.844. The number of anilines is 1. The summed E-state index contributed by atoms with van der Waals surface area (Å²) in [6.45, 7) is 2.87. The van der Waals surface area contributed by atoms with Gasteiger partial charge in [-0.05, 0) is 42.3 Å². The molecule has 0 saturated carbocycles. The van der Waals surface area contributed by atoms with Crippen LogP contribution in [0.25, 0.3) is 27.8 Å². The Kier molecular flexibility index (Phi) is 6.79. The number of halogens is 3. The van der Waals surface area contributed by atoms with Crippen molar-refractivity contribution >= 4 is 26.9 Å². The minimum atomic E-state index is -4.63. The van der Waals surface area contributed by atoms with Crippen molar-refractivity contribution < 1.29 is 21.6 Å². The smallest absolute Gasteiger partial charge is 0.353 e. The quantitative estimate of drug-likeness (QED) is 0.259. The molecule has 0 spiro atoms. The second kappa shape index (κ2) is 10.3.